The molecular formula is C16H20N2O. The van der Waals surface area contributed by atoms with Gasteiger partial charge < -0.3 is 4.74 Å². The molecule has 0 N–H and O–H groups in total. The van der Waals surface area contributed by atoms with Crippen molar-refractivity contribution in [2.24, 2.45) is 0 Å². The summed E-state index contributed by atoms with van der Waals surface area (Å²) in [4.78, 5) is 8.24. The first-order chi connectivity index (χ1) is 9.38. The minimum atomic E-state index is 0.702. The van der Waals surface area contributed by atoms with Crippen LogP contribution in [0.2, 0.25) is 0 Å². The van der Waals surface area contributed by atoms with Crippen LogP contribution in [0.25, 0.3) is 0 Å². The molecule has 2 aromatic rings. The van der Waals surface area contributed by atoms with Crippen molar-refractivity contribution in [2.75, 3.05) is 7.11 Å². The number of nitrogens with zero attached hydrogens (tertiary/aromatic N) is 2. The number of unbranched alkanes of at least 4 members (excludes halogenated alkanes) is 2. The quantitative estimate of drug-likeness (QED) is 0.712. The minimum absolute atomic E-state index is 0.702. The summed E-state index contributed by atoms with van der Waals surface area (Å²) in [6, 6.07) is 8.21. The van der Waals surface area contributed by atoms with Crippen LogP contribution in [0.1, 0.15) is 30.4 Å². The molecule has 0 saturated carbocycles. The third kappa shape index (κ3) is 4.70. The van der Waals surface area contributed by atoms with Crippen molar-refractivity contribution in [1.82, 2.24) is 9.97 Å². The lowest BCUT2D eigenvalue weighted by molar-refractivity contribution is 0.397. The van der Waals surface area contributed by atoms with Crippen molar-refractivity contribution in [1.29, 1.82) is 0 Å². The molecule has 19 heavy (non-hydrogen) atoms. The van der Waals surface area contributed by atoms with E-state index in [4.69, 9.17) is 4.74 Å². The van der Waals surface area contributed by atoms with E-state index in [1.54, 1.807) is 7.11 Å². The summed E-state index contributed by atoms with van der Waals surface area (Å²) >= 11 is 0. The Labute approximate surface area is 114 Å². The molecule has 0 unspecified atom stereocenters. The number of aromatic nitrogens is 2. The van der Waals surface area contributed by atoms with Gasteiger partial charge in [0, 0.05) is 24.7 Å². The highest BCUT2D eigenvalue weighted by Gasteiger charge is 1.98. The van der Waals surface area contributed by atoms with E-state index in [0.29, 0.717) is 5.88 Å². The zero-order valence-corrected chi connectivity index (χ0v) is 11.4. The maximum absolute atomic E-state index is 5.12. The zero-order valence-electron chi connectivity index (χ0n) is 11.4. The first kappa shape index (κ1) is 13.5. The second kappa shape index (κ2) is 7.52. The number of hydrogen-bond donors (Lipinski definition) is 0. The fraction of sp³-hybridized carbons (Fsp3) is 0.375. The first-order valence-corrected chi connectivity index (χ1v) is 6.76. The van der Waals surface area contributed by atoms with E-state index in [-0.39, 0.29) is 0 Å². The minimum Gasteiger partial charge on any atom is -0.481 e. The Hall–Kier alpha value is -1.90. The Kier molecular flexibility index (Phi) is 5.35. The molecule has 0 aliphatic carbocycles. The van der Waals surface area contributed by atoms with Gasteiger partial charge in [-0.05, 0) is 48.9 Å². The molecular weight excluding hydrogens is 236 g/mol. The van der Waals surface area contributed by atoms with Crippen LogP contribution in [-0.4, -0.2) is 17.1 Å². The van der Waals surface area contributed by atoms with E-state index in [0.717, 1.165) is 12.8 Å². The first-order valence-electron chi connectivity index (χ1n) is 6.76. The predicted molar refractivity (Wildman–Crippen MR) is 76.3 cm³/mol. The van der Waals surface area contributed by atoms with Crippen molar-refractivity contribution in [3.05, 3.63) is 54.0 Å². The van der Waals surface area contributed by atoms with Crippen LogP contribution in [0.5, 0.6) is 5.88 Å². The lowest BCUT2D eigenvalue weighted by Gasteiger charge is -2.04. The number of hydrogen-bond acceptors (Lipinski definition) is 3. The van der Waals surface area contributed by atoms with Gasteiger partial charge in [-0.15, -0.1) is 0 Å². The molecule has 3 heteroatoms. The van der Waals surface area contributed by atoms with Crippen LogP contribution in [0.3, 0.4) is 0 Å². The van der Waals surface area contributed by atoms with Gasteiger partial charge in [0.15, 0.2) is 0 Å². The molecule has 0 aliphatic heterocycles. The number of pyridine rings is 2. The average molecular weight is 256 g/mol. The summed E-state index contributed by atoms with van der Waals surface area (Å²) in [6.07, 6.45) is 11.4. The van der Waals surface area contributed by atoms with E-state index in [2.05, 4.69) is 22.1 Å². The van der Waals surface area contributed by atoms with Gasteiger partial charge in [-0.2, -0.15) is 0 Å². The smallest absolute Gasteiger partial charge is 0.213 e. The summed E-state index contributed by atoms with van der Waals surface area (Å²) in [5.74, 6) is 0.702. The Balaban J connectivity index is 1.66. The van der Waals surface area contributed by atoms with Crippen molar-refractivity contribution in [2.45, 2.75) is 32.1 Å². The maximum Gasteiger partial charge on any atom is 0.213 e. The lowest BCUT2D eigenvalue weighted by atomic mass is 10.1. The van der Waals surface area contributed by atoms with E-state index in [1.807, 2.05) is 30.7 Å². The van der Waals surface area contributed by atoms with Gasteiger partial charge in [-0.25, -0.2) is 4.98 Å². The molecule has 0 spiro atoms. The fourth-order valence-corrected chi connectivity index (χ4v) is 2.10. The number of aryl methyl sites for hydroxylation is 2. The largest absolute Gasteiger partial charge is 0.481 e. The molecule has 0 radical (unpaired) electrons. The van der Waals surface area contributed by atoms with Crippen LogP contribution in [0, 0.1) is 0 Å². The molecule has 0 amide bonds. The lowest BCUT2D eigenvalue weighted by Crippen LogP contribution is -1.92. The topological polar surface area (TPSA) is 35.0 Å². The molecule has 0 aliphatic rings. The maximum atomic E-state index is 5.12. The van der Waals surface area contributed by atoms with E-state index >= 15 is 0 Å². The SMILES string of the molecule is COc1cc(CCCCCc2cccnc2)ccn1. The second-order valence-electron chi connectivity index (χ2n) is 4.63. The molecule has 0 aromatic carbocycles. The van der Waals surface area contributed by atoms with Gasteiger partial charge >= 0.3 is 0 Å². The second-order valence-corrected chi connectivity index (χ2v) is 4.63. The highest BCUT2D eigenvalue weighted by atomic mass is 16.5. The molecule has 0 bridgehead atoms. The number of methoxy groups -OCH3 is 1. The predicted octanol–water partition coefficient (Wildman–Crippen LogP) is 3.44. The monoisotopic (exact) mass is 256 g/mol. The molecule has 0 fully saturated rings. The fourth-order valence-electron chi connectivity index (χ4n) is 2.10. The summed E-state index contributed by atoms with van der Waals surface area (Å²) in [5, 5.41) is 0. The zero-order chi connectivity index (χ0) is 13.3. The van der Waals surface area contributed by atoms with Gasteiger partial charge in [0.1, 0.15) is 0 Å². The molecule has 0 saturated heterocycles. The van der Waals surface area contributed by atoms with Crippen molar-refractivity contribution < 1.29 is 4.74 Å². The van der Waals surface area contributed by atoms with Crippen LogP contribution >= 0.6 is 0 Å². The summed E-state index contributed by atoms with van der Waals surface area (Å²) in [7, 11) is 1.65. The molecule has 3 nitrogen and oxygen atoms in total. The van der Waals surface area contributed by atoms with E-state index in [9.17, 15) is 0 Å². The Morgan fingerprint density at radius 1 is 1.00 bits per heavy atom. The van der Waals surface area contributed by atoms with Gasteiger partial charge in [0.25, 0.3) is 0 Å². The van der Waals surface area contributed by atoms with Gasteiger partial charge in [0.05, 0.1) is 7.11 Å². The Morgan fingerprint density at radius 3 is 2.58 bits per heavy atom. The van der Waals surface area contributed by atoms with Crippen LogP contribution in [0.15, 0.2) is 42.9 Å². The number of rotatable bonds is 7. The number of ether oxygens (including phenoxy) is 1. The van der Waals surface area contributed by atoms with Crippen LogP contribution in [0.4, 0.5) is 0 Å². The molecule has 2 rings (SSSR count). The van der Waals surface area contributed by atoms with Crippen LogP contribution in [-0.2, 0) is 12.8 Å². The van der Waals surface area contributed by atoms with Gasteiger partial charge in [-0.1, -0.05) is 12.5 Å². The molecule has 2 heterocycles. The van der Waals surface area contributed by atoms with E-state index < -0.39 is 0 Å². The molecule has 100 valence electrons. The normalized spacial score (nSPS) is 10.4. The van der Waals surface area contributed by atoms with E-state index in [1.165, 1.54) is 30.4 Å². The average Bonchev–Trinajstić information content (AvgIpc) is 2.48. The van der Waals surface area contributed by atoms with Crippen molar-refractivity contribution >= 4 is 0 Å². The summed E-state index contributed by atoms with van der Waals surface area (Å²) in [6.45, 7) is 0. The van der Waals surface area contributed by atoms with Crippen LogP contribution < -0.4 is 4.74 Å². The third-order valence-corrected chi connectivity index (χ3v) is 3.16. The van der Waals surface area contributed by atoms with Crippen molar-refractivity contribution in [3.8, 4) is 5.88 Å². The highest BCUT2D eigenvalue weighted by Crippen LogP contribution is 2.13. The van der Waals surface area contributed by atoms with Gasteiger partial charge in [-0.3, -0.25) is 4.98 Å². The summed E-state index contributed by atoms with van der Waals surface area (Å²) in [5.41, 5.74) is 2.63. The molecule has 2 aromatic heterocycles. The molecule has 0 atom stereocenters. The third-order valence-electron chi connectivity index (χ3n) is 3.16. The summed E-state index contributed by atoms with van der Waals surface area (Å²) < 4.78 is 5.12. The highest BCUT2D eigenvalue weighted by molar-refractivity contribution is 5.20. The van der Waals surface area contributed by atoms with Crippen molar-refractivity contribution in [3.63, 3.8) is 0 Å². The Bertz CT molecular complexity index is 485. The standard InChI is InChI=1S/C16H20N2O/c1-19-16-12-14(9-11-18-16)6-3-2-4-7-15-8-5-10-17-13-15/h5,8-13H,2-4,6-7H2,1H3. The van der Waals surface area contributed by atoms with Gasteiger partial charge in [0.2, 0.25) is 5.88 Å². The Morgan fingerprint density at radius 2 is 1.84 bits per heavy atom.